The fourth-order valence-electron chi connectivity index (χ4n) is 2.64. The summed E-state index contributed by atoms with van der Waals surface area (Å²) in [6.45, 7) is 3.53. The second-order valence-electron chi connectivity index (χ2n) is 6.60. The summed E-state index contributed by atoms with van der Waals surface area (Å²) in [5.74, 6) is 3.50. The molecule has 3 aromatic rings. The smallest absolute Gasteiger partial charge is 0.264 e. The standard InChI is InChI=1S/C20H20ClN3O4S2.H3NO/c1-14-7-12-19(22-24-29(25,26)17-10-8-16(21)9-11-17)20(13-14)30(27,28)23-18-6-4-3-5-15(18)2;1-2/h3-13,22-24H,1-2H3;2H,1H2. The van der Waals surface area contributed by atoms with E-state index in [1.54, 1.807) is 44.2 Å². The molecule has 0 fully saturated rings. The van der Waals surface area contributed by atoms with E-state index in [1.807, 2.05) is 0 Å². The monoisotopic (exact) mass is 498 g/mol. The van der Waals surface area contributed by atoms with Crippen molar-refractivity contribution >= 4 is 43.0 Å². The molecule has 0 amide bonds. The molecule has 12 heteroatoms. The summed E-state index contributed by atoms with van der Waals surface area (Å²) in [6, 6.07) is 17.2. The maximum absolute atomic E-state index is 13.0. The van der Waals surface area contributed by atoms with Crippen LogP contribution in [0.4, 0.5) is 11.4 Å². The Hall–Kier alpha value is -2.67. The molecule has 32 heavy (non-hydrogen) atoms. The van der Waals surface area contributed by atoms with Gasteiger partial charge < -0.3 is 10.6 Å². The molecular formula is C20H23ClN4O5S2. The molecule has 0 heterocycles. The Morgan fingerprint density at radius 1 is 0.812 bits per heavy atom. The average molecular weight is 499 g/mol. The first-order valence-electron chi connectivity index (χ1n) is 9.07. The van der Waals surface area contributed by atoms with E-state index in [0.717, 1.165) is 5.56 Å². The largest absolute Gasteiger partial charge is 0.320 e. The third kappa shape index (κ3) is 6.42. The Balaban J connectivity index is 0.00000176. The van der Waals surface area contributed by atoms with E-state index in [0.29, 0.717) is 16.3 Å². The van der Waals surface area contributed by atoms with Gasteiger partial charge in [0.05, 0.1) is 16.3 Å². The van der Waals surface area contributed by atoms with E-state index in [4.69, 9.17) is 16.8 Å². The lowest BCUT2D eigenvalue weighted by Crippen LogP contribution is -2.30. The molecule has 0 aliphatic carbocycles. The molecular weight excluding hydrogens is 476 g/mol. The van der Waals surface area contributed by atoms with Crippen molar-refractivity contribution < 1.29 is 22.0 Å². The minimum Gasteiger partial charge on any atom is -0.320 e. The van der Waals surface area contributed by atoms with Crippen LogP contribution >= 0.6 is 11.6 Å². The van der Waals surface area contributed by atoms with Crippen molar-refractivity contribution in [3.8, 4) is 0 Å². The number of hydrogen-bond donors (Lipinski definition) is 5. The Kier molecular flexibility index (Phi) is 8.61. The van der Waals surface area contributed by atoms with Gasteiger partial charge in [0.15, 0.2) is 0 Å². The van der Waals surface area contributed by atoms with Crippen LogP contribution in [-0.4, -0.2) is 22.0 Å². The van der Waals surface area contributed by atoms with Crippen molar-refractivity contribution in [2.45, 2.75) is 23.6 Å². The zero-order chi connectivity index (χ0) is 23.9. The van der Waals surface area contributed by atoms with Gasteiger partial charge in [0, 0.05) is 5.02 Å². The summed E-state index contributed by atoms with van der Waals surface area (Å²) < 4.78 is 53.6. The van der Waals surface area contributed by atoms with Gasteiger partial charge in [-0.15, -0.1) is 4.83 Å². The van der Waals surface area contributed by atoms with Gasteiger partial charge in [0.2, 0.25) is 0 Å². The number of anilines is 2. The third-order valence-electron chi connectivity index (χ3n) is 4.26. The molecule has 0 unspecified atom stereocenters. The number of benzene rings is 3. The maximum atomic E-state index is 13.0. The fraction of sp³-hybridized carbons (Fsp3) is 0.100. The molecule has 0 aliphatic rings. The lowest BCUT2D eigenvalue weighted by Gasteiger charge is -2.16. The summed E-state index contributed by atoms with van der Waals surface area (Å²) in [5.41, 5.74) is 4.49. The van der Waals surface area contributed by atoms with Crippen LogP contribution in [0.3, 0.4) is 0 Å². The molecule has 9 nitrogen and oxygen atoms in total. The number of halogens is 1. The van der Waals surface area contributed by atoms with Gasteiger partial charge >= 0.3 is 0 Å². The average Bonchev–Trinajstić information content (AvgIpc) is 2.76. The number of nitrogens with one attached hydrogen (secondary N) is 3. The van der Waals surface area contributed by atoms with Gasteiger partial charge in [-0.2, -0.15) is 0 Å². The van der Waals surface area contributed by atoms with Crippen molar-refractivity contribution in [1.82, 2.24) is 4.83 Å². The summed E-state index contributed by atoms with van der Waals surface area (Å²) in [4.78, 5) is 2.09. The van der Waals surface area contributed by atoms with Crippen molar-refractivity contribution in [1.29, 1.82) is 0 Å². The Bertz CT molecular complexity index is 1280. The lowest BCUT2D eigenvalue weighted by atomic mass is 10.2. The summed E-state index contributed by atoms with van der Waals surface area (Å²) in [7, 11) is -7.94. The van der Waals surface area contributed by atoms with Gasteiger partial charge in [-0.25, -0.2) is 22.7 Å². The molecule has 0 aromatic heterocycles. The lowest BCUT2D eigenvalue weighted by molar-refractivity contribution is 0.311. The molecule has 0 radical (unpaired) electrons. The molecule has 3 aromatic carbocycles. The Morgan fingerprint density at radius 3 is 2.06 bits per heavy atom. The molecule has 172 valence electrons. The number of hydrazine groups is 1. The molecule has 0 saturated carbocycles. The van der Waals surface area contributed by atoms with Crippen LogP contribution in [0.1, 0.15) is 11.1 Å². The second kappa shape index (κ2) is 10.8. The van der Waals surface area contributed by atoms with Crippen molar-refractivity contribution in [3.63, 3.8) is 0 Å². The van der Waals surface area contributed by atoms with E-state index in [-0.39, 0.29) is 15.5 Å². The van der Waals surface area contributed by atoms with Crippen LogP contribution in [0, 0.1) is 13.8 Å². The van der Waals surface area contributed by atoms with E-state index in [1.165, 1.54) is 36.4 Å². The van der Waals surface area contributed by atoms with Crippen molar-refractivity contribution in [2.24, 2.45) is 5.90 Å². The summed E-state index contributed by atoms with van der Waals surface area (Å²) >= 11 is 5.79. The topological polar surface area (TPSA) is 151 Å². The zero-order valence-electron chi connectivity index (χ0n) is 17.2. The molecule has 0 atom stereocenters. The molecule has 0 spiro atoms. The van der Waals surface area contributed by atoms with E-state index in [9.17, 15) is 16.8 Å². The van der Waals surface area contributed by atoms with Gasteiger partial charge in [-0.05, 0) is 67.4 Å². The number of rotatable bonds is 7. The second-order valence-corrected chi connectivity index (χ2v) is 10.4. The molecule has 0 saturated heterocycles. The first-order chi connectivity index (χ1) is 15.1. The first kappa shape index (κ1) is 25.6. The van der Waals surface area contributed by atoms with E-state index < -0.39 is 20.0 Å². The quantitative estimate of drug-likeness (QED) is 0.313. The highest BCUT2D eigenvalue weighted by atomic mass is 35.5. The van der Waals surface area contributed by atoms with Gasteiger partial charge in [0.1, 0.15) is 4.90 Å². The Morgan fingerprint density at radius 2 is 1.44 bits per heavy atom. The van der Waals surface area contributed by atoms with Gasteiger partial charge in [0.25, 0.3) is 20.0 Å². The third-order valence-corrected chi connectivity index (χ3v) is 7.18. The zero-order valence-corrected chi connectivity index (χ0v) is 19.6. The fourth-order valence-corrected chi connectivity index (χ4v) is 5.00. The van der Waals surface area contributed by atoms with Crippen molar-refractivity contribution in [3.05, 3.63) is 82.9 Å². The number of aryl methyl sites for hydroxylation is 2. The highest BCUT2D eigenvalue weighted by Crippen LogP contribution is 2.26. The molecule has 6 N–H and O–H groups in total. The SMILES string of the molecule is Cc1ccc(NNS(=O)(=O)c2ccc(Cl)cc2)c(S(=O)(=O)Nc2ccccc2C)c1.NO. The molecule has 0 aliphatic heterocycles. The first-order valence-corrected chi connectivity index (χ1v) is 12.4. The predicted molar refractivity (Wildman–Crippen MR) is 125 cm³/mol. The van der Waals surface area contributed by atoms with Crippen LogP contribution in [0.25, 0.3) is 0 Å². The number of nitrogens with two attached hydrogens (primary N) is 1. The molecule has 0 bridgehead atoms. The summed E-state index contributed by atoms with van der Waals surface area (Å²) in [5, 5.41) is 6.90. The van der Waals surface area contributed by atoms with E-state index in [2.05, 4.69) is 20.9 Å². The summed E-state index contributed by atoms with van der Waals surface area (Å²) in [6.07, 6.45) is 0. The highest BCUT2D eigenvalue weighted by Gasteiger charge is 2.21. The van der Waals surface area contributed by atoms with Crippen LogP contribution in [0.2, 0.25) is 5.02 Å². The Labute approximate surface area is 192 Å². The van der Waals surface area contributed by atoms with Crippen molar-refractivity contribution in [2.75, 3.05) is 10.1 Å². The molecule has 3 rings (SSSR count). The highest BCUT2D eigenvalue weighted by molar-refractivity contribution is 7.93. The van der Waals surface area contributed by atoms with Crippen LogP contribution in [0.5, 0.6) is 0 Å². The van der Waals surface area contributed by atoms with Gasteiger partial charge in [-0.3, -0.25) is 4.72 Å². The number of para-hydroxylation sites is 1. The van der Waals surface area contributed by atoms with E-state index >= 15 is 0 Å². The maximum Gasteiger partial charge on any atom is 0.264 e. The minimum absolute atomic E-state index is 0.0195. The predicted octanol–water partition coefficient (Wildman–Crippen LogP) is 3.40. The number of sulfonamides is 2. The number of hydrogen-bond acceptors (Lipinski definition) is 7. The van der Waals surface area contributed by atoms with Crippen LogP contribution < -0.4 is 20.9 Å². The van der Waals surface area contributed by atoms with Crippen LogP contribution in [0.15, 0.2) is 76.5 Å². The van der Waals surface area contributed by atoms with Gasteiger partial charge in [-0.1, -0.05) is 35.9 Å². The normalized spacial score (nSPS) is 11.3. The minimum atomic E-state index is -3.99. The van der Waals surface area contributed by atoms with Crippen LogP contribution in [-0.2, 0) is 20.0 Å².